The average molecular weight is 600 g/mol. The van der Waals surface area contributed by atoms with Crippen molar-refractivity contribution in [2.24, 2.45) is 0 Å². The third-order valence-electron chi connectivity index (χ3n) is 8.80. The number of aryl methyl sites for hydroxylation is 1. The molecule has 5 rings (SSSR count). The van der Waals surface area contributed by atoms with Gasteiger partial charge >= 0.3 is 5.97 Å². The summed E-state index contributed by atoms with van der Waals surface area (Å²) in [6, 6.07) is 24.5. The maximum absolute atomic E-state index is 14.0. The lowest BCUT2D eigenvalue weighted by Crippen LogP contribution is -2.46. The highest BCUT2D eigenvalue weighted by Crippen LogP contribution is 2.25. The first-order chi connectivity index (χ1) is 21.0. The van der Waals surface area contributed by atoms with Crippen molar-refractivity contribution in [1.82, 2.24) is 9.80 Å². The topological polar surface area (TPSA) is 64.1 Å². The number of carboxylic acids is 1. The first-order valence-corrected chi connectivity index (χ1v) is 17.0. The van der Waals surface area contributed by atoms with Gasteiger partial charge in [0.2, 0.25) is 0 Å². The number of thioether (sulfide) groups is 1. The minimum absolute atomic E-state index is 0.111. The van der Waals surface area contributed by atoms with Crippen LogP contribution in [0.3, 0.4) is 0 Å². The van der Waals surface area contributed by atoms with E-state index in [0.717, 1.165) is 63.1 Å². The molecule has 0 saturated carbocycles. The first kappa shape index (κ1) is 31.1. The molecule has 3 aromatic carbocycles. The second-order valence-electron chi connectivity index (χ2n) is 11.9. The van der Waals surface area contributed by atoms with E-state index in [1.807, 2.05) is 36.0 Å². The largest absolute Gasteiger partial charge is 0.478 e. The molecule has 0 spiro atoms. The van der Waals surface area contributed by atoms with Gasteiger partial charge in [-0.1, -0.05) is 56.2 Å². The highest BCUT2D eigenvalue weighted by atomic mass is 32.2. The number of aromatic carboxylic acids is 1. The van der Waals surface area contributed by atoms with Crippen molar-refractivity contribution in [1.29, 1.82) is 0 Å². The van der Waals surface area contributed by atoms with Gasteiger partial charge in [0.25, 0.3) is 5.91 Å². The molecule has 0 aliphatic carbocycles. The molecule has 1 amide bonds. The van der Waals surface area contributed by atoms with Gasteiger partial charge in [-0.3, -0.25) is 9.69 Å². The predicted octanol–water partition coefficient (Wildman–Crippen LogP) is 6.98. The lowest BCUT2D eigenvalue weighted by molar-refractivity contribution is 0.0542. The van der Waals surface area contributed by atoms with Gasteiger partial charge in [-0.25, -0.2) is 4.79 Å². The van der Waals surface area contributed by atoms with Crippen molar-refractivity contribution in [3.8, 4) is 0 Å². The predicted molar refractivity (Wildman–Crippen MR) is 177 cm³/mol. The van der Waals surface area contributed by atoms with Crippen molar-refractivity contribution >= 4 is 29.3 Å². The van der Waals surface area contributed by atoms with Crippen molar-refractivity contribution in [3.63, 3.8) is 0 Å². The Morgan fingerprint density at radius 2 is 1.40 bits per heavy atom. The summed E-state index contributed by atoms with van der Waals surface area (Å²) in [5, 5.41) is 9.20. The van der Waals surface area contributed by atoms with Crippen molar-refractivity contribution < 1.29 is 14.7 Å². The van der Waals surface area contributed by atoms with Crippen LogP contribution in [-0.2, 0) is 19.5 Å². The molecule has 2 heterocycles. The van der Waals surface area contributed by atoms with Gasteiger partial charge in [-0.15, -0.1) is 0 Å². The molecule has 0 atom stereocenters. The summed E-state index contributed by atoms with van der Waals surface area (Å²) in [4.78, 5) is 32.2. The normalized spacial score (nSPS) is 16.3. The van der Waals surface area contributed by atoms with Gasteiger partial charge in [0.15, 0.2) is 0 Å². The zero-order valence-corrected chi connectivity index (χ0v) is 26.2. The molecule has 6 nitrogen and oxygen atoms in total. The molecule has 0 radical (unpaired) electrons. The Morgan fingerprint density at radius 1 is 0.791 bits per heavy atom. The van der Waals surface area contributed by atoms with Crippen LogP contribution in [-0.4, -0.2) is 70.5 Å². The van der Waals surface area contributed by atoms with Crippen LogP contribution in [0.2, 0.25) is 0 Å². The van der Waals surface area contributed by atoms with Crippen LogP contribution in [0, 0.1) is 0 Å². The van der Waals surface area contributed by atoms with E-state index in [2.05, 4.69) is 58.0 Å². The van der Waals surface area contributed by atoms with Gasteiger partial charge in [-0.05, 0) is 78.8 Å². The highest BCUT2D eigenvalue weighted by Gasteiger charge is 2.29. The van der Waals surface area contributed by atoms with E-state index in [1.54, 1.807) is 12.1 Å². The Labute approximate surface area is 261 Å². The number of hydrogen-bond donors (Lipinski definition) is 1. The SMILES string of the molecule is CCCCCc1ccc(C(=O)N(Cc2ccc(N3CCSCC3)cc2)C2CCN(Cc3ccc(C(=O)O)cc3)CC2)cc1. The van der Waals surface area contributed by atoms with Crippen LogP contribution in [0.5, 0.6) is 0 Å². The Hall–Kier alpha value is -3.29. The standard InChI is InChI=1S/C36H45N3O3S/c1-2-3-4-5-28-6-12-31(13-7-28)35(40)39(27-30-10-16-33(17-11-30)38-22-24-43-25-23-38)34-18-20-37(21-19-34)26-29-8-14-32(15-9-29)36(41)42/h6-17,34H,2-5,18-27H2,1H3,(H,41,42). The molecular weight excluding hydrogens is 554 g/mol. The number of anilines is 1. The number of carbonyl (C=O) groups is 2. The van der Waals surface area contributed by atoms with Crippen LogP contribution < -0.4 is 4.90 Å². The number of likely N-dealkylation sites (tertiary alicyclic amines) is 1. The Morgan fingerprint density at radius 3 is 2.02 bits per heavy atom. The van der Waals surface area contributed by atoms with Crippen molar-refractivity contribution in [2.75, 3.05) is 42.6 Å². The summed E-state index contributed by atoms with van der Waals surface area (Å²) < 4.78 is 0. The van der Waals surface area contributed by atoms with E-state index < -0.39 is 5.97 Å². The summed E-state index contributed by atoms with van der Waals surface area (Å²) in [7, 11) is 0. The Bertz CT molecular complexity index is 1310. The van der Waals surface area contributed by atoms with E-state index in [4.69, 9.17) is 0 Å². The lowest BCUT2D eigenvalue weighted by atomic mass is 9.99. The molecular formula is C36H45N3O3S. The number of benzene rings is 3. The van der Waals surface area contributed by atoms with Crippen molar-refractivity contribution in [3.05, 3.63) is 101 Å². The summed E-state index contributed by atoms with van der Waals surface area (Å²) in [6.45, 7) is 7.59. The van der Waals surface area contributed by atoms with E-state index in [0.29, 0.717) is 12.1 Å². The van der Waals surface area contributed by atoms with Gasteiger partial charge < -0.3 is 14.9 Å². The third kappa shape index (κ3) is 8.64. The third-order valence-corrected chi connectivity index (χ3v) is 9.74. The van der Waals surface area contributed by atoms with E-state index in [-0.39, 0.29) is 11.9 Å². The summed E-state index contributed by atoms with van der Waals surface area (Å²) >= 11 is 2.02. The number of carbonyl (C=O) groups excluding carboxylic acids is 1. The van der Waals surface area contributed by atoms with Crippen LogP contribution in [0.1, 0.15) is 76.4 Å². The summed E-state index contributed by atoms with van der Waals surface area (Å²) in [5.74, 6) is 1.56. The maximum Gasteiger partial charge on any atom is 0.335 e. The van der Waals surface area contributed by atoms with Crippen LogP contribution in [0.25, 0.3) is 0 Å². The number of unbranched alkanes of at least 4 members (excludes halogenated alkanes) is 2. The van der Waals surface area contributed by atoms with E-state index in [9.17, 15) is 14.7 Å². The molecule has 2 aliphatic heterocycles. The van der Waals surface area contributed by atoms with Gasteiger partial charge in [0, 0.05) is 68.1 Å². The van der Waals surface area contributed by atoms with E-state index >= 15 is 0 Å². The van der Waals surface area contributed by atoms with Crippen molar-refractivity contribution in [2.45, 2.75) is 64.6 Å². The monoisotopic (exact) mass is 599 g/mol. The highest BCUT2D eigenvalue weighted by molar-refractivity contribution is 7.99. The zero-order chi connectivity index (χ0) is 30.0. The fraction of sp³-hybridized carbons (Fsp3) is 0.444. The van der Waals surface area contributed by atoms with Gasteiger partial charge in [0.05, 0.1) is 5.56 Å². The van der Waals surface area contributed by atoms with Gasteiger partial charge in [0.1, 0.15) is 0 Å². The number of amides is 1. The molecule has 0 bridgehead atoms. The quantitative estimate of drug-likeness (QED) is 0.227. The first-order valence-electron chi connectivity index (χ1n) is 15.9. The molecule has 3 aromatic rings. The lowest BCUT2D eigenvalue weighted by Gasteiger charge is -2.39. The molecule has 2 fully saturated rings. The Kier molecular flexibility index (Phi) is 11.2. The molecule has 1 N–H and O–H groups in total. The smallest absolute Gasteiger partial charge is 0.335 e. The van der Waals surface area contributed by atoms with E-state index in [1.165, 1.54) is 47.6 Å². The molecule has 7 heteroatoms. The number of hydrogen-bond acceptors (Lipinski definition) is 5. The second kappa shape index (κ2) is 15.4. The fourth-order valence-electron chi connectivity index (χ4n) is 6.16. The average Bonchev–Trinajstić information content (AvgIpc) is 3.05. The number of rotatable bonds is 12. The summed E-state index contributed by atoms with van der Waals surface area (Å²) in [6.07, 6.45) is 6.51. The van der Waals surface area contributed by atoms with Gasteiger partial charge in [-0.2, -0.15) is 11.8 Å². The molecule has 2 aliphatic rings. The van der Waals surface area contributed by atoms with Crippen LogP contribution >= 0.6 is 11.8 Å². The molecule has 0 unspecified atom stereocenters. The Balaban J connectivity index is 1.27. The number of piperidine rings is 1. The maximum atomic E-state index is 14.0. The van der Waals surface area contributed by atoms with Crippen LogP contribution in [0.4, 0.5) is 5.69 Å². The summed E-state index contributed by atoms with van der Waals surface area (Å²) in [5.41, 5.74) is 5.93. The fourth-order valence-corrected chi connectivity index (χ4v) is 7.06. The van der Waals surface area contributed by atoms with Crippen LogP contribution in [0.15, 0.2) is 72.8 Å². The molecule has 228 valence electrons. The zero-order valence-electron chi connectivity index (χ0n) is 25.4. The minimum Gasteiger partial charge on any atom is -0.478 e. The molecule has 43 heavy (non-hydrogen) atoms. The number of nitrogens with zero attached hydrogens (tertiary/aromatic N) is 3. The molecule has 2 saturated heterocycles. The minimum atomic E-state index is -0.900. The number of carboxylic acid groups (broad SMARTS) is 1. The molecule has 0 aromatic heterocycles. The second-order valence-corrected chi connectivity index (χ2v) is 13.1.